The van der Waals surface area contributed by atoms with Crippen LogP contribution in [-0.4, -0.2) is 36.8 Å². The summed E-state index contributed by atoms with van der Waals surface area (Å²) in [5, 5.41) is 0. The van der Waals surface area contributed by atoms with Crippen molar-refractivity contribution in [3.05, 3.63) is 47.5 Å². The fraction of sp³-hybridized carbons (Fsp3) is 0.440. The lowest BCUT2D eigenvalue weighted by atomic mass is 9.84. The van der Waals surface area contributed by atoms with Gasteiger partial charge < -0.3 is 18.9 Å². The van der Waals surface area contributed by atoms with E-state index in [0.29, 0.717) is 48.3 Å². The van der Waals surface area contributed by atoms with Crippen LogP contribution in [0.4, 0.5) is 0 Å². The third kappa shape index (κ3) is 3.87. The van der Waals surface area contributed by atoms with E-state index in [9.17, 15) is 9.59 Å². The van der Waals surface area contributed by atoms with Crippen molar-refractivity contribution in [2.24, 2.45) is 17.8 Å². The number of nitrogens with zero attached hydrogens (tertiary/aromatic N) is 1. The Labute approximate surface area is 187 Å². The van der Waals surface area contributed by atoms with Crippen LogP contribution >= 0.6 is 0 Å². The molecule has 2 aromatic carbocycles. The Morgan fingerprint density at radius 1 is 0.781 bits per heavy atom. The van der Waals surface area contributed by atoms with Crippen molar-refractivity contribution in [1.29, 1.82) is 0 Å². The van der Waals surface area contributed by atoms with Crippen LogP contribution in [0.5, 0.6) is 23.0 Å². The van der Waals surface area contributed by atoms with Gasteiger partial charge in [-0.15, -0.1) is 0 Å². The van der Waals surface area contributed by atoms with Gasteiger partial charge in [0.1, 0.15) is 0 Å². The number of carbonyl (C=O) groups excluding carboxylic acids is 2. The second-order valence-corrected chi connectivity index (χ2v) is 9.01. The molecular weight excluding hydrogens is 410 g/mol. The van der Waals surface area contributed by atoms with Gasteiger partial charge in [-0.1, -0.05) is 26.0 Å². The Kier molecular flexibility index (Phi) is 5.41. The van der Waals surface area contributed by atoms with Gasteiger partial charge in [-0.3, -0.25) is 14.5 Å². The predicted octanol–water partition coefficient (Wildman–Crippen LogP) is 3.58. The molecule has 7 nitrogen and oxygen atoms in total. The third-order valence-corrected chi connectivity index (χ3v) is 6.37. The van der Waals surface area contributed by atoms with Gasteiger partial charge in [0, 0.05) is 6.54 Å². The number of hydrogen-bond donors (Lipinski definition) is 0. The zero-order valence-electron chi connectivity index (χ0n) is 18.3. The molecule has 2 aromatic rings. The predicted molar refractivity (Wildman–Crippen MR) is 116 cm³/mol. The van der Waals surface area contributed by atoms with E-state index < -0.39 is 11.8 Å². The highest BCUT2D eigenvalue weighted by Gasteiger charge is 2.47. The number of ether oxygens (including phenoxy) is 4. The molecule has 1 saturated heterocycles. The van der Waals surface area contributed by atoms with Crippen molar-refractivity contribution in [2.75, 3.05) is 20.1 Å². The van der Waals surface area contributed by atoms with E-state index in [0.717, 1.165) is 17.5 Å². The lowest BCUT2D eigenvalue weighted by molar-refractivity contribution is -0.140. The van der Waals surface area contributed by atoms with Gasteiger partial charge in [0.25, 0.3) is 0 Å². The molecule has 32 heavy (non-hydrogen) atoms. The highest BCUT2D eigenvalue weighted by Crippen LogP contribution is 2.38. The van der Waals surface area contributed by atoms with Crippen LogP contribution in [0.15, 0.2) is 36.4 Å². The Morgan fingerprint density at radius 2 is 1.25 bits per heavy atom. The zero-order valence-corrected chi connectivity index (χ0v) is 18.3. The van der Waals surface area contributed by atoms with Gasteiger partial charge in [0.05, 0.1) is 11.8 Å². The Bertz CT molecular complexity index is 971. The zero-order chi connectivity index (χ0) is 22.2. The van der Waals surface area contributed by atoms with E-state index in [-0.39, 0.29) is 25.4 Å². The van der Waals surface area contributed by atoms with E-state index >= 15 is 0 Å². The smallest absolute Gasteiger partial charge is 0.233 e. The van der Waals surface area contributed by atoms with Gasteiger partial charge in [-0.2, -0.15) is 0 Å². The molecule has 0 bridgehead atoms. The molecule has 2 amide bonds. The van der Waals surface area contributed by atoms with Gasteiger partial charge in [-0.25, -0.2) is 0 Å². The number of amides is 2. The molecule has 3 aliphatic rings. The minimum atomic E-state index is -0.416. The van der Waals surface area contributed by atoms with Crippen LogP contribution in [0.1, 0.15) is 31.4 Å². The number of fused-ring (bicyclic) bond motifs is 2. The number of rotatable bonds is 7. The lowest BCUT2D eigenvalue weighted by Crippen LogP contribution is -2.33. The molecule has 0 aromatic heterocycles. The third-order valence-electron chi connectivity index (χ3n) is 6.37. The molecule has 0 unspecified atom stereocenters. The summed E-state index contributed by atoms with van der Waals surface area (Å²) in [6, 6.07) is 11.4. The number of carbonyl (C=O) groups is 2. The van der Waals surface area contributed by atoms with E-state index in [1.165, 1.54) is 4.90 Å². The molecule has 0 spiro atoms. The molecule has 0 N–H and O–H groups in total. The normalized spacial score (nSPS) is 21.2. The molecule has 3 heterocycles. The fourth-order valence-electron chi connectivity index (χ4n) is 4.56. The van der Waals surface area contributed by atoms with Crippen molar-refractivity contribution in [3.8, 4) is 23.0 Å². The van der Waals surface area contributed by atoms with Crippen LogP contribution in [-0.2, 0) is 22.4 Å². The number of benzene rings is 2. The number of likely N-dealkylation sites (tertiary alicyclic amines) is 1. The van der Waals surface area contributed by atoms with Gasteiger partial charge in [-0.05, 0) is 60.6 Å². The topological polar surface area (TPSA) is 74.3 Å². The standard InChI is InChI=1S/C25H27NO6/c1-15(2)7-8-26-24(27)18(9-16-3-5-20-22(11-16)31-13-29-20)19(25(26)28)10-17-4-6-21-23(12-17)32-14-30-21/h3-6,11-12,15,18-19H,7-10,13-14H2,1-2H3/t18-,19-/m0/s1. The molecule has 168 valence electrons. The van der Waals surface area contributed by atoms with E-state index in [1.54, 1.807) is 0 Å². The van der Waals surface area contributed by atoms with Crippen LogP contribution in [0.25, 0.3) is 0 Å². The maximum atomic E-state index is 13.4. The number of imide groups is 1. The number of hydrogen-bond acceptors (Lipinski definition) is 6. The van der Waals surface area contributed by atoms with Gasteiger partial charge in [0.15, 0.2) is 23.0 Å². The van der Waals surface area contributed by atoms with Crippen molar-refractivity contribution < 1.29 is 28.5 Å². The van der Waals surface area contributed by atoms with E-state index in [1.807, 2.05) is 36.4 Å². The van der Waals surface area contributed by atoms with Crippen LogP contribution in [0.3, 0.4) is 0 Å². The molecule has 5 rings (SSSR count). The molecule has 0 radical (unpaired) electrons. The molecule has 0 aliphatic carbocycles. The highest BCUT2D eigenvalue weighted by atomic mass is 16.7. The first kappa shape index (κ1) is 20.7. The maximum absolute atomic E-state index is 13.4. The summed E-state index contributed by atoms with van der Waals surface area (Å²) in [6.45, 7) is 5.06. The van der Waals surface area contributed by atoms with Gasteiger partial charge in [0.2, 0.25) is 25.4 Å². The Hall–Kier alpha value is -3.22. The van der Waals surface area contributed by atoms with Crippen LogP contribution in [0, 0.1) is 17.8 Å². The Balaban J connectivity index is 1.40. The molecule has 2 atom stereocenters. The van der Waals surface area contributed by atoms with Crippen molar-refractivity contribution in [1.82, 2.24) is 4.90 Å². The second-order valence-electron chi connectivity index (χ2n) is 9.01. The maximum Gasteiger partial charge on any atom is 0.233 e. The van der Waals surface area contributed by atoms with Crippen LogP contribution in [0.2, 0.25) is 0 Å². The SMILES string of the molecule is CC(C)CCN1C(=O)[C@@H](Cc2ccc3c(c2)OCO3)[C@H](Cc2ccc3c(c2)OCO3)C1=O. The van der Waals surface area contributed by atoms with E-state index in [4.69, 9.17) is 18.9 Å². The highest BCUT2D eigenvalue weighted by molar-refractivity contribution is 6.05. The summed E-state index contributed by atoms with van der Waals surface area (Å²) in [7, 11) is 0. The first-order valence-electron chi connectivity index (χ1n) is 11.1. The second kappa shape index (κ2) is 8.37. The van der Waals surface area contributed by atoms with Gasteiger partial charge >= 0.3 is 0 Å². The van der Waals surface area contributed by atoms with Crippen molar-refractivity contribution in [3.63, 3.8) is 0 Å². The quantitative estimate of drug-likeness (QED) is 0.617. The average molecular weight is 437 g/mol. The summed E-state index contributed by atoms with van der Waals surface area (Å²) in [4.78, 5) is 28.2. The summed E-state index contributed by atoms with van der Waals surface area (Å²) >= 11 is 0. The first-order chi connectivity index (χ1) is 15.5. The van der Waals surface area contributed by atoms with Crippen LogP contribution < -0.4 is 18.9 Å². The summed E-state index contributed by atoms with van der Waals surface area (Å²) in [6.07, 6.45) is 1.76. The monoisotopic (exact) mass is 437 g/mol. The molecule has 3 aliphatic heterocycles. The lowest BCUT2D eigenvalue weighted by Gasteiger charge is -2.16. The molecule has 0 saturated carbocycles. The molecular formula is C25H27NO6. The Morgan fingerprint density at radius 3 is 1.72 bits per heavy atom. The average Bonchev–Trinajstić information content (AvgIpc) is 3.48. The summed E-state index contributed by atoms with van der Waals surface area (Å²) < 4.78 is 21.8. The first-order valence-corrected chi connectivity index (χ1v) is 11.1. The largest absolute Gasteiger partial charge is 0.454 e. The minimum absolute atomic E-state index is 0.0842. The fourth-order valence-corrected chi connectivity index (χ4v) is 4.56. The van der Waals surface area contributed by atoms with Crippen molar-refractivity contribution in [2.45, 2.75) is 33.1 Å². The molecule has 7 heteroatoms. The van der Waals surface area contributed by atoms with Crippen molar-refractivity contribution >= 4 is 11.8 Å². The minimum Gasteiger partial charge on any atom is -0.454 e. The summed E-state index contributed by atoms with van der Waals surface area (Å²) in [5.74, 6) is 2.19. The molecule has 1 fully saturated rings. The van der Waals surface area contributed by atoms with E-state index in [2.05, 4.69) is 13.8 Å². The summed E-state index contributed by atoms with van der Waals surface area (Å²) in [5.41, 5.74) is 1.92.